The zero-order valence-corrected chi connectivity index (χ0v) is 15.0. The molecule has 0 aliphatic rings. The van der Waals surface area contributed by atoms with E-state index in [0.717, 1.165) is 29.6 Å². The topological polar surface area (TPSA) is 0 Å². The van der Waals surface area contributed by atoms with Crippen LogP contribution >= 0.6 is 58.5 Å². The Kier molecular flexibility index (Phi) is 6.65. The van der Waals surface area contributed by atoms with E-state index in [0.29, 0.717) is 0 Å². The fraction of sp³-hybridized carbons (Fsp3) is 0. The number of hydrogen-bond acceptors (Lipinski definition) is 3. The minimum absolute atomic E-state index is 0.731. The molecular formula is C16H12Cl2S3. The Bertz CT molecular complexity index is 611. The Morgan fingerprint density at radius 1 is 0.762 bits per heavy atom. The summed E-state index contributed by atoms with van der Waals surface area (Å²) in [5, 5.41) is 5.00. The monoisotopic (exact) mass is 370 g/mol. The Balaban J connectivity index is 2.18. The van der Waals surface area contributed by atoms with Crippen LogP contribution in [0.3, 0.4) is 0 Å². The van der Waals surface area contributed by atoms with Crippen molar-refractivity contribution in [2.75, 3.05) is 0 Å². The first-order valence-corrected chi connectivity index (χ1v) is 9.29. The Morgan fingerprint density at radius 2 is 1.19 bits per heavy atom. The van der Waals surface area contributed by atoms with Crippen molar-refractivity contribution in [3.05, 3.63) is 70.4 Å². The number of thioether (sulfide) groups is 2. The van der Waals surface area contributed by atoms with Crippen LogP contribution in [-0.4, -0.2) is 0 Å². The largest absolute Gasteiger partial charge is 0.0971 e. The molecule has 2 rings (SSSR count). The lowest BCUT2D eigenvalue weighted by molar-refractivity contribution is 1.32. The molecule has 0 spiro atoms. The first-order valence-electron chi connectivity index (χ1n) is 5.96. The molecule has 0 heterocycles. The third-order valence-corrected chi connectivity index (χ3v) is 5.84. The fourth-order valence-electron chi connectivity index (χ4n) is 1.60. The molecule has 0 saturated carbocycles. The van der Waals surface area contributed by atoms with Crippen LogP contribution in [0.1, 0.15) is 0 Å². The van der Waals surface area contributed by atoms with Crippen molar-refractivity contribution < 1.29 is 0 Å². The summed E-state index contributed by atoms with van der Waals surface area (Å²) in [5.41, 5.74) is 0. The van der Waals surface area contributed by atoms with Gasteiger partial charge in [0.1, 0.15) is 0 Å². The quantitative estimate of drug-likeness (QED) is 0.480. The average Bonchev–Trinajstić information content (AvgIpc) is 2.45. The SMILES string of the molecule is C=CSc1ccc(Sc2ccc(SC=C)c(Cl)c2)cc1Cl. The standard InChI is InChI=1S/C16H12Cl2S3/c1-3-19-15-7-5-11(9-13(15)17)21-12-6-8-16(20-4-2)14(18)10-12/h3-10H,1-2H2. The van der Waals surface area contributed by atoms with Crippen LogP contribution in [0.15, 0.2) is 80.0 Å². The zero-order chi connectivity index (χ0) is 15.2. The van der Waals surface area contributed by atoms with Gasteiger partial charge in [0.2, 0.25) is 0 Å². The predicted molar refractivity (Wildman–Crippen MR) is 99.1 cm³/mol. The van der Waals surface area contributed by atoms with Crippen molar-refractivity contribution >= 4 is 58.5 Å². The van der Waals surface area contributed by atoms with Gasteiger partial charge in [0.15, 0.2) is 0 Å². The maximum absolute atomic E-state index is 6.25. The van der Waals surface area contributed by atoms with Gasteiger partial charge in [-0.05, 0) is 47.2 Å². The van der Waals surface area contributed by atoms with Gasteiger partial charge in [-0.2, -0.15) is 0 Å². The van der Waals surface area contributed by atoms with E-state index in [1.165, 1.54) is 23.5 Å². The van der Waals surface area contributed by atoms with E-state index in [-0.39, 0.29) is 0 Å². The number of halogens is 2. The lowest BCUT2D eigenvalue weighted by Crippen LogP contribution is -1.79. The summed E-state index contributed by atoms with van der Waals surface area (Å²) in [7, 11) is 0. The molecule has 0 aromatic heterocycles. The van der Waals surface area contributed by atoms with E-state index in [9.17, 15) is 0 Å². The Hall–Kier alpha value is -0.450. The average molecular weight is 371 g/mol. The third kappa shape index (κ3) is 4.76. The van der Waals surface area contributed by atoms with Gasteiger partial charge in [-0.15, -0.1) is 0 Å². The lowest BCUT2D eigenvalue weighted by Gasteiger charge is -2.07. The van der Waals surface area contributed by atoms with Gasteiger partial charge in [0.25, 0.3) is 0 Å². The fourth-order valence-corrected chi connectivity index (χ4v) is 4.25. The summed E-state index contributed by atoms with van der Waals surface area (Å²) < 4.78 is 0. The summed E-state index contributed by atoms with van der Waals surface area (Å²) in [6, 6.07) is 12.0. The molecule has 0 fully saturated rings. The maximum Gasteiger partial charge on any atom is 0.0556 e. The van der Waals surface area contributed by atoms with Gasteiger partial charge in [-0.3, -0.25) is 0 Å². The molecule has 0 atom stereocenters. The van der Waals surface area contributed by atoms with Crippen LogP contribution in [0.2, 0.25) is 10.0 Å². The highest BCUT2D eigenvalue weighted by atomic mass is 35.5. The van der Waals surface area contributed by atoms with Crippen LogP contribution in [0.4, 0.5) is 0 Å². The molecule has 0 N–H and O–H groups in total. The maximum atomic E-state index is 6.25. The van der Waals surface area contributed by atoms with E-state index < -0.39 is 0 Å². The zero-order valence-electron chi connectivity index (χ0n) is 11.0. The molecule has 0 saturated heterocycles. The van der Waals surface area contributed by atoms with Crippen molar-refractivity contribution in [3.63, 3.8) is 0 Å². The smallest absolute Gasteiger partial charge is 0.0556 e. The minimum atomic E-state index is 0.731. The van der Waals surface area contributed by atoms with Crippen molar-refractivity contribution in [2.45, 2.75) is 19.6 Å². The summed E-state index contributed by atoms with van der Waals surface area (Å²) in [6.45, 7) is 7.39. The summed E-state index contributed by atoms with van der Waals surface area (Å²) in [6.07, 6.45) is 0. The first-order chi connectivity index (χ1) is 10.1. The van der Waals surface area contributed by atoms with E-state index in [1.807, 2.05) is 36.4 Å². The van der Waals surface area contributed by atoms with E-state index >= 15 is 0 Å². The Morgan fingerprint density at radius 3 is 1.52 bits per heavy atom. The van der Waals surface area contributed by atoms with Gasteiger partial charge in [-0.25, -0.2) is 0 Å². The third-order valence-electron chi connectivity index (χ3n) is 2.46. The van der Waals surface area contributed by atoms with Gasteiger partial charge in [0.05, 0.1) is 10.0 Å². The molecule has 5 heteroatoms. The molecule has 0 aliphatic heterocycles. The van der Waals surface area contributed by atoms with Crippen LogP contribution < -0.4 is 0 Å². The van der Waals surface area contributed by atoms with Gasteiger partial charge in [0, 0.05) is 19.6 Å². The van der Waals surface area contributed by atoms with Crippen molar-refractivity contribution in [1.82, 2.24) is 0 Å². The molecular weight excluding hydrogens is 359 g/mol. The second kappa shape index (κ2) is 8.25. The van der Waals surface area contributed by atoms with Crippen LogP contribution in [0.5, 0.6) is 0 Å². The minimum Gasteiger partial charge on any atom is -0.0971 e. The second-order valence-corrected chi connectivity index (χ2v) is 7.83. The highest BCUT2D eigenvalue weighted by Crippen LogP contribution is 2.37. The first kappa shape index (κ1) is 16.9. The summed E-state index contributed by atoms with van der Waals surface area (Å²) in [5.74, 6) is 0. The van der Waals surface area contributed by atoms with Crippen molar-refractivity contribution in [3.8, 4) is 0 Å². The molecule has 2 aromatic carbocycles. The molecule has 0 aliphatic carbocycles. The van der Waals surface area contributed by atoms with E-state index in [2.05, 4.69) is 13.2 Å². The van der Waals surface area contributed by atoms with Gasteiger partial charge >= 0.3 is 0 Å². The normalized spacial score (nSPS) is 10.4. The van der Waals surface area contributed by atoms with Crippen LogP contribution in [0.25, 0.3) is 0 Å². The molecule has 0 bridgehead atoms. The molecule has 0 radical (unpaired) electrons. The van der Waals surface area contributed by atoms with Crippen molar-refractivity contribution in [2.24, 2.45) is 0 Å². The summed E-state index contributed by atoms with van der Waals surface area (Å²) >= 11 is 17.2. The second-order valence-electron chi connectivity index (χ2n) is 3.86. The van der Waals surface area contributed by atoms with Crippen molar-refractivity contribution in [1.29, 1.82) is 0 Å². The molecule has 0 nitrogen and oxygen atoms in total. The summed E-state index contributed by atoms with van der Waals surface area (Å²) in [4.78, 5) is 4.17. The van der Waals surface area contributed by atoms with Crippen LogP contribution in [-0.2, 0) is 0 Å². The number of hydrogen-bond donors (Lipinski definition) is 0. The van der Waals surface area contributed by atoms with E-state index in [1.54, 1.807) is 22.6 Å². The molecule has 0 unspecified atom stereocenters. The molecule has 21 heavy (non-hydrogen) atoms. The van der Waals surface area contributed by atoms with Crippen LogP contribution in [0, 0.1) is 0 Å². The highest BCUT2D eigenvalue weighted by molar-refractivity contribution is 8.02. The molecule has 0 amide bonds. The number of benzene rings is 2. The predicted octanol–water partition coefficient (Wildman–Crippen LogP) is 7.62. The Labute approximate surface area is 148 Å². The highest BCUT2D eigenvalue weighted by Gasteiger charge is 2.06. The van der Waals surface area contributed by atoms with Gasteiger partial charge in [-0.1, -0.05) is 71.6 Å². The molecule has 2 aromatic rings. The number of rotatable bonds is 6. The lowest BCUT2D eigenvalue weighted by atomic mass is 10.3. The van der Waals surface area contributed by atoms with E-state index in [4.69, 9.17) is 23.2 Å². The van der Waals surface area contributed by atoms with Gasteiger partial charge < -0.3 is 0 Å². The molecule has 108 valence electrons.